The number of methoxy groups -OCH3 is 1. The van der Waals surface area contributed by atoms with Crippen molar-refractivity contribution < 1.29 is 4.74 Å². The van der Waals surface area contributed by atoms with Crippen LogP contribution in [0.15, 0.2) is 29.3 Å². The Hall–Kier alpha value is -1.71. The predicted octanol–water partition coefficient (Wildman–Crippen LogP) is 1.03. The summed E-state index contributed by atoms with van der Waals surface area (Å²) in [6.45, 7) is 1.93. The molecular formula is C10H15N3O. The van der Waals surface area contributed by atoms with Gasteiger partial charge in [-0.25, -0.2) is 4.99 Å². The fourth-order valence-electron chi connectivity index (χ4n) is 1.18. The molecule has 0 bridgehead atoms. The minimum Gasteiger partial charge on any atom is -0.497 e. The molecule has 0 spiro atoms. The minimum absolute atomic E-state index is 0.0223. The molecule has 0 heterocycles. The van der Waals surface area contributed by atoms with Gasteiger partial charge in [-0.3, -0.25) is 0 Å². The van der Waals surface area contributed by atoms with Crippen LogP contribution in [0.25, 0.3) is 0 Å². The largest absolute Gasteiger partial charge is 0.497 e. The molecule has 1 atom stereocenters. The van der Waals surface area contributed by atoms with Crippen LogP contribution in [0.1, 0.15) is 18.5 Å². The van der Waals surface area contributed by atoms with E-state index in [-0.39, 0.29) is 12.0 Å². The Labute approximate surface area is 83.6 Å². The van der Waals surface area contributed by atoms with Crippen LogP contribution in [-0.2, 0) is 0 Å². The first-order valence-corrected chi connectivity index (χ1v) is 4.36. The topological polar surface area (TPSA) is 73.6 Å². The van der Waals surface area contributed by atoms with Crippen molar-refractivity contribution in [2.75, 3.05) is 7.11 Å². The highest BCUT2D eigenvalue weighted by molar-refractivity contribution is 5.75. The maximum absolute atomic E-state index is 5.29. The molecule has 4 heteroatoms. The summed E-state index contributed by atoms with van der Waals surface area (Å²) in [5.74, 6) is 0.930. The van der Waals surface area contributed by atoms with Crippen LogP contribution < -0.4 is 16.2 Å². The van der Waals surface area contributed by atoms with Gasteiger partial charge in [0, 0.05) is 0 Å². The van der Waals surface area contributed by atoms with Crippen molar-refractivity contribution in [1.29, 1.82) is 0 Å². The van der Waals surface area contributed by atoms with E-state index in [1.165, 1.54) is 0 Å². The molecule has 76 valence electrons. The summed E-state index contributed by atoms with van der Waals surface area (Å²) in [6, 6.07) is 7.62. The fraction of sp³-hybridized carbons (Fsp3) is 0.300. The zero-order valence-corrected chi connectivity index (χ0v) is 8.40. The van der Waals surface area contributed by atoms with E-state index < -0.39 is 0 Å². The Balaban J connectivity index is 2.81. The van der Waals surface area contributed by atoms with Gasteiger partial charge >= 0.3 is 0 Å². The molecule has 14 heavy (non-hydrogen) atoms. The van der Waals surface area contributed by atoms with Crippen LogP contribution in [0.5, 0.6) is 5.75 Å². The molecule has 0 amide bonds. The Morgan fingerprint density at radius 3 is 2.29 bits per heavy atom. The van der Waals surface area contributed by atoms with Crippen LogP contribution in [0.3, 0.4) is 0 Å². The molecule has 0 aliphatic heterocycles. The number of nitrogens with zero attached hydrogens (tertiary/aromatic N) is 1. The predicted molar refractivity (Wildman–Crippen MR) is 57.2 cm³/mol. The van der Waals surface area contributed by atoms with Gasteiger partial charge in [-0.15, -0.1) is 0 Å². The normalized spacial score (nSPS) is 11.9. The first-order chi connectivity index (χ1) is 6.63. The lowest BCUT2D eigenvalue weighted by Gasteiger charge is -2.07. The molecule has 0 fully saturated rings. The van der Waals surface area contributed by atoms with Gasteiger partial charge in [0.05, 0.1) is 13.2 Å². The second-order valence-electron chi connectivity index (χ2n) is 3.00. The van der Waals surface area contributed by atoms with Gasteiger partial charge in [-0.1, -0.05) is 12.1 Å². The maximum Gasteiger partial charge on any atom is 0.186 e. The molecule has 4 nitrogen and oxygen atoms in total. The van der Waals surface area contributed by atoms with Crippen LogP contribution in [0.4, 0.5) is 0 Å². The van der Waals surface area contributed by atoms with Crippen molar-refractivity contribution in [1.82, 2.24) is 0 Å². The fourth-order valence-corrected chi connectivity index (χ4v) is 1.18. The highest BCUT2D eigenvalue weighted by Crippen LogP contribution is 2.19. The van der Waals surface area contributed by atoms with Crippen LogP contribution >= 0.6 is 0 Å². The molecule has 0 aliphatic carbocycles. The standard InChI is InChI=1S/C10H15N3O/c1-7(13-10(11)12)8-3-5-9(14-2)6-4-8/h3-7H,1-2H3,(H4,11,12,13). The van der Waals surface area contributed by atoms with E-state index in [0.29, 0.717) is 0 Å². The van der Waals surface area contributed by atoms with Crippen LogP contribution in [-0.4, -0.2) is 13.1 Å². The smallest absolute Gasteiger partial charge is 0.186 e. The van der Waals surface area contributed by atoms with Crippen LogP contribution in [0.2, 0.25) is 0 Å². The van der Waals surface area contributed by atoms with Gasteiger partial charge < -0.3 is 16.2 Å². The van der Waals surface area contributed by atoms with E-state index in [4.69, 9.17) is 16.2 Å². The van der Waals surface area contributed by atoms with Crippen molar-refractivity contribution in [3.05, 3.63) is 29.8 Å². The summed E-state index contributed by atoms with van der Waals surface area (Å²) >= 11 is 0. The summed E-state index contributed by atoms with van der Waals surface area (Å²) in [4.78, 5) is 4.03. The minimum atomic E-state index is -0.0223. The molecule has 1 aromatic rings. The van der Waals surface area contributed by atoms with E-state index in [2.05, 4.69) is 4.99 Å². The lowest BCUT2D eigenvalue weighted by atomic mass is 10.1. The zero-order valence-electron chi connectivity index (χ0n) is 8.40. The lowest BCUT2D eigenvalue weighted by Crippen LogP contribution is -2.23. The Morgan fingerprint density at radius 1 is 1.29 bits per heavy atom. The molecule has 0 aliphatic rings. The molecule has 1 rings (SSSR count). The number of ether oxygens (including phenoxy) is 1. The van der Waals surface area contributed by atoms with Crippen molar-refractivity contribution in [2.24, 2.45) is 16.5 Å². The van der Waals surface area contributed by atoms with E-state index in [9.17, 15) is 0 Å². The molecule has 0 saturated heterocycles. The number of nitrogens with two attached hydrogens (primary N) is 2. The molecule has 1 unspecified atom stereocenters. The number of hydrogen-bond donors (Lipinski definition) is 2. The average molecular weight is 193 g/mol. The zero-order chi connectivity index (χ0) is 10.6. The number of aliphatic imine (C=N–C) groups is 1. The van der Waals surface area contributed by atoms with Crippen molar-refractivity contribution in [2.45, 2.75) is 13.0 Å². The Morgan fingerprint density at radius 2 is 1.86 bits per heavy atom. The summed E-state index contributed by atoms with van der Waals surface area (Å²) in [5, 5.41) is 0. The highest BCUT2D eigenvalue weighted by Gasteiger charge is 2.03. The summed E-state index contributed by atoms with van der Waals surface area (Å²) < 4.78 is 5.04. The highest BCUT2D eigenvalue weighted by atomic mass is 16.5. The van der Waals surface area contributed by atoms with Gasteiger partial charge in [-0.2, -0.15) is 0 Å². The Bertz CT molecular complexity index is 315. The van der Waals surface area contributed by atoms with Gasteiger partial charge in [0.1, 0.15) is 5.75 Å². The summed E-state index contributed by atoms with van der Waals surface area (Å²) in [5.41, 5.74) is 11.6. The van der Waals surface area contributed by atoms with E-state index in [1.54, 1.807) is 7.11 Å². The monoisotopic (exact) mass is 193 g/mol. The third kappa shape index (κ3) is 2.65. The molecule has 0 aromatic heterocycles. The first kappa shape index (κ1) is 10.4. The van der Waals surface area contributed by atoms with E-state index in [0.717, 1.165) is 11.3 Å². The van der Waals surface area contributed by atoms with E-state index in [1.807, 2.05) is 31.2 Å². The number of benzene rings is 1. The second-order valence-corrected chi connectivity index (χ2v) is 3.00. The van der Waals surface area contributed by atoms with Crippen molar-refractivity contribution in [3.63, 3.8) is 0 Å². The molecule has 4 N–H and O–H groups in total. The quantitative estimate of drug-likeness (QED) is 0.556. The third-order valence-corrected chi connectivity index (χ3v) is 1.94. The molecule has 1 aromatic carbocycles. The number of rotatable bonds is 3. The Kier molecular flexibility index (Phi) is 3.34. The molecule has 0 radical (unpaired) electrons. The summed E-state index contributed by atoms with van der Waals surface area (Å²) in [6.07, 6.45) is 0. The molecule has 0 saturated carbocycles. The van der Waals surface area contributed by atoms with E-state index >= 15 is 0 Å². The average Bonchev–Trinajstić information content (AvgIpc) is 2.17. The molecular weight excluding hydrogens is 178 g/mol. The third-order valence-electron chi connectivity index (χ3n) is 1.94. The lowest BCUT2D eigenvalue weighted by molar-refractivity contribution is 0.414. The number of hydrogen-bond acceptors (Lipinski definition) is 2. The van der Waals surface area contributed by atoms with Gasteiger partial charge in [0.15, 0.2) is 5.96 Å². The second kappa shape index (κ2) is 4.50. The van der Waals surface area contributed by atoms with Gasteiger partial charge in [0.25, 0.3) is 0 Å². The maximum atomic E-state index is 5.29. The first-order valence-electron chi connectivity index (χ1n) is 4.36. The SMILES string of the molecule is COc1ccc(C(C)N=C(N)N)cc1. The van der Waals surface area contributed by atoms with Gasteiger partial charge in [-0.05, 0) is 24.6 Å². The van der Waals surface area contributed by atoms with Gasteiger partial charge in [0.2, 0.25) is 0 Å². The van der Waals surface area contributed by atoms with Crippen molar-refractivity contribution in [3.8, 4) is 5.75 Å². The van der Waals surface area contributed by atoms with Crippen molar-refractivity contribution >= 4 is 5.96 Å². The number of guanidine groups is 1. The van der Waals surface area contributed by atoms with Crippen LogP contribution in [0, 0.1) is 0 Å². The summed E-state index contributed by atoms with van der Waals surface area (Å²) in [7, 11) is 1.63.